The van der Waals surface area contributed by atoms with E-state index in [0.29, 0.717) is 5.75 Å². The van der Waals surface area contributed by atoms with Crippen molar-refractivity contribution in [3.05, 3.63) is 39.5 Å². The van der Waals surface area contributed by atoms with Crippen molar-refractivity contribution in [1.29, 1.82) is 0 Å². The standard InChI is InChI=1S/C18H26N6OS2/c1-5-7-8-24-16(14(6-2)22(3)4)20-21-18(24)27-12-13-11-15(25)23-9-10-26-17(23)19-13/h9-11,14H,5-8,12H2,1-4H3/t14-/m1/s1. The minimum atomic E-state index is -0.0383. The van der Waals surface area contributed by atoms with Crippen LogP contribution in [0.25, 0.3) is 4.96 Å². The number of nitrogens with zero attached hydrogens (tertiary/aromatic N) is 6. The van der Waals surface area contributed by atoms with E-state index in [1.807, 2.05) is 5.38 Å². The highest BCUT2D eigenvalue weighted by Gasteiger charge is 2.22. The Morgan fingerprint density at radius 1 is 1.30 bits per heavy atom. The maximum absolute atomic E-state index is 12.2. The van der Waals surface area contributed by atoms with Gasteiger partial charge in [0.1, 0.15) is 0 Å². The predicted octanol–water partition coefficient (Wildman–Crippen LogP) is 3.45. The first-order valence-electron chi connectivity index (χ1n) is 9.23. The van der Waals surface area contributed by atoms with Crippen LogP contribution in [0.3, 0.4) is 0 Å². The van der Waals surface area contributed by atoms with Crippen molar-refractivity contribution in [2.45, 2.75) is 56.6 Å². The summed E-state index contributed by atoms with van der Waals surface area (Å²) in [5.41, 5.74) is 0.738. The van der Waals surface area contributed by atoms with Gasteiger partial charge in [0.2, 0.25) is 0 Å². The summed E-state index contributed by atoms with van der Waals surface area (Å²) in [4.78, 5) is 19.7. The van der Waals surface area contributed by atoms with Crippen molar-refractivity contribution in [2.24, 2.45) is 0 Å². The quantitative estimate of drug-likeness (QED) is 0.507. The highest BCUT2D eigenvalue weighted by Crippen LogP contribution is 2.27. The molecule has 0 radical (unpaired) electrons. The largest absolute Gasteiger partial charge is 0.305 e. The second-order valence-electron chi connectivity index (χ2n) is 6.66. The molecule has 0 bridgehead atoms. The molecular formula is C18H26N6OS2. The molecule has 0 spiro atoms. The first-order chi connectivity index (χ1) is 13.0. The molecule has 27 heavy (non-hydrogen) atoms. The van der Waals surface area contributed by atoms with Crippen LogP contribution < -0.4 is 5.56 Å². The van der Waals surface area contributed by atoms with Crippen LogP contribution in [0.15, 0.2) is 27.6 Å². The third kappa shape index (κ3) is 4.41. The molecule has 0 aromatic carbocycles. The highest BCUT2D eigenvalue weighted by atomic mass is 32.2. The van der Waals surface area contributed by atoms with E-state index < -0.39 is 0 Å². The Morgan fingerprint density at radius 2 is 2.11 bits per heavy atom. The van der Waals surface area contributed by atoms with E-state index in [2.05, 4.69) is 52.6 Å². The normalized spacial score (nSPS) is 12.9. The van der Waals surface area contributed by atoms with E-state index in [4.69, 9.17) is 0 Å². The SMILES string of the molecule is CCCCn1c(SCc2cc(=O)n3ccsc3n2)nnc1[C@@H](CC)N(C)C. The Kier molecular flexibility index (Phi) is 6.67. The molecule has 3 aromatic rings. The summed E-state index contributed by atoms with van der Waals surface area (Å²) in [6, 6.07) is 1.85. The molecule has 3 heterocycles. The van der Waals surface area contributed by atoms with Gasteiger partial charge in [-0.05, 0) is 26.9 Å². The van der Waals surface area contributed by atoms with E-state index in [0.717, 1.165) is 47.4 Å². The molecule has 0 amide bonds. The lowest BCUT2D eigenvalue weighted by molar-refractivity contribution is 0.270. The summed E-state index contributed by atoms with van der Waals surface area (Å²) in [6.07, 6.45) is 4.94. The Bertz CT molecular complexity index is 945. The third-order valence-corrected chi connectivity index (χ3v) is 6.25. The first kappa shape index (κ1) is 20.0. The van der Waals surface area contributed by atoms with Crippen LogP contribution in [-0.4, -0.2) is 43.1 Å². The number of aromatic nitrogens is 5. The third-order valence-electron chi connectivity index (χ3n) is 4.49. The van der Waals surface area contributed by atoms with Gasteiger partial charge in [0.05, 0.1) is 11.7 Å². The second-order valence-corrected chi connectivity index (χ2v) is 8.48. The Morgan fingerprint density at radius 3 is 2.81 bits per heavy atom. The summed E-state index contributed by atoms with van der Waals surface area (Å²) in [7, 11) is 4.15. The van der Waals surface area contributed by atoms with Gasteiger partial charge in [0.25, 0.3) is 5.56 Å². The van der Waals surface area contributed by atoms with Crippen LogP contribution in [0, 0.1) is 0 Å². The van der Waals surface area contributed by atoms with E-state index in [-0.39, 0.29) is 11.6 Å². The van der Waals surface area contributed by atoms with E-state index in [1.165, 1.54) is 11.3 Å². The zero-order valence-corrected chi connectivity index (χ0v) is 17.9. The molecule has 0 fully saturated rings. The summed E-state index contributed by atoms with van der Waals surface area (Å²) in [5, 5.41) is 11.7. The molecule has 0 unspecified atom stereocenters. The zero-order valence-electron chi connectivity index (χ0n) is 16.3. The van der Waals surface area contributed by atoms with Crippen molar-refractivity contribution >= 4 is 28.1 Å². The van der Waals surface area contributed by atoms with Crippen molar-refractivity contribution in [3.8, 4) is 0 Å². The lowest BCUT2D eigenvalue weighted by Crippen LogP contribution is -2.23. The van der Waals surface area contributed by atoms with Gasteiger partial charge in [-0.15, -0.1) is 21.5 Å². The van der Waals surface area contributed by atoms with E-state index in [1.54, 1.807) is 28.4 Å². The van der Waals surface area contributed by atoms with Crippen LogP contribution in [-0.2, 0) is 12.3 Å². The molecule has 0 saturated heterocycles. The fourth-order valence-corrected chi connectivity index (χ4v) is 4.66. The molecule has 0 aliphatic heterocycles. The predicted molar refractivity (Wildman–Crippen MR) is 111 cm³/mol. The van der Waals surface area contributed by atoms with Crippen LogP contribution in [0.1, 0.15) is 50.7 Å². The molecule has 0 N–H and O–H groups in total. The number of hydrogen-bond donors (Lipinski definition) is 0. The van der Waals surface area contributed by atoms with Gasteiger partial charge in [-0.2, -0.15) is 0 Å². The van der Waals surface area contributed by atoms with Gasteiger partial charge in [-0.1, -0.05) is 32.0 Å². The maximum Gasteiger partial charge on any atom is 0.258 e. The van der Waals surface area contributed by atoms with Gasteiger partial charge in [0, 0.05) is 29.9 Å². The number of rotatable bonds is 9. The topological polar surface area (TPSA) is 68.3 Å². The average Bonchev–Trinajstić information content (AvgIpc) is 3.26. The van der Waals surface area contributed by atoms with Crippen LogP contribution >= 0.6 is 23.1 Å². The van der Waals surface area contributed by atoms with Gasteiger partial charge in [-0.25, -0.2) is 4.98 Å². The molecular weight excluding hydrogens is 380 g/mol. The smallest absolute Gasteiger partial charge is 0.258 e. The number of fused-ring (bicyclic) bond motifs is 1. The molecule has 0 aliphatic carbocycles. The lowest BCUT2D eigenvalue weighted by Gasteiger charge is -2.23. The fraction of sp³-hybridized carbons (Fsp3) is 0.556. The number of thiazole rings is 1. The molecule has 1 atom stereocenters. The Hall–Kier alpha value is -1.71. The minimum absolute atomic E-state index is 0.0383. The highest BCUT2D eigenvalue weighted by molar-refractivity contribution is 7.98. The Labute approximate surface area is 167 Å². The molecule has 9 heteroatoms. The zero-order chi connectivity index (χ0) is 19.4. The van der Waals surface area contributed by atoms with Crippen LogP contribution in [0.4, 0.5) is 0 Å². The summed E-state index contributed by atoms with van der Waals surface area (Å²) >= 11 is 3.07. The summed E-state index contributed by atoms with van der Waals surface area (Å²) in [5.74, 6) is 1.62. The monoisotopic (exact) mass is 406 g/mol. The summed E-state index contributed by atoms with van der Waals surface area (Å²) in [6.45, 7) is 5.27. The average molecular weight is 407 g/mol. The molecule has 0 saturated carbocycles. The molecule has 146 valence electrons. The van der Waals surface area contributed by atoms with Crippen LogP contribution in [0.5, 0.6) is 0 Å². The number of thioether (sulfide) groups is 1. The van der Waals surface area contributed by atoms with Crippen molar-refractivity contribution in [3.63, 3.8) is 0 Å². The fourth-order valence-electron chi connectivity index (χ4n) is 3.06. The summed E-state index contributed by atoms with van der Waals surface area (Å²) < 4.78 is 3.81. The van der Waals surface area contributed by atoms with Gasteiger partial charge in [0.15, 0.2) is 15.9 Å². The molecule has 3 rings (SSSR count). The maximum atomic E-state index is 12.2. The van der Waals surface area contributed by atoms with Crippen molar-refractivity contribution in [2.75, 3.05) is 14.1 Å². The van der Waals surface area contributed by atoms with Gasteiger partial charge < -0.3 is 4.57 Å². The first-order valence-corrected chi connectivity index (χ1v) is 11.1. The van der Waals surface area contributed by atoms with E-state index in [9.17, 15) is 4.79 Å². The minimum Gasteiger partial charge on any atom is -0.305 e. The number of hydrogen-bond acceptors (Lipinski definition) is 7. The van der Waals surface area contributed by atoms with Crippen LogP contribution in [0.2, 0.25) is 0 Å². The van der Waals surface area contributed by atoms with E-state index >= 15 is 0 Å². The van der Waals surface area contributed by atoms with Gasteiger partial charge >= 0.3 is 0 Å². The van der Waals surface area contributed by atoms with Gasteiger partial charge in [-0.3, -0.25) is 14.1 Å². The molecule has 7 nitrogen and oxygen atoms in total. The molecule has 0 aliphatic rings. The second kappa shape index (κ2) is 8.99. The molecule has 3 aromatic heterocycles. The van der Waals surface area contributed by atoms with Crippen molar-refractivity contribution in [1.82, 2.24) is 29.0 Å². The lowest BCUT2D eigenvalue weighted by atomic mass is 10.2. The Balaban J connectivity index is 1.84. The van der Waals surface area contributed by atoms with Crippen molar-refractivity contribution < 1.29 is 0 Å². The number of unbranched alkanes of at least 4 members (excludes halogenated alkanes) is 1.